The highest BCUT2D eigenvalue weighted by molar-refractivity contribution is 6.14. The molecule has 0 aliphatic rings. The first-order valence-electron chi connectivity index (χ1n) is 16.3. The fourth-order valence-corrected chi connectivity index (χ4v) is 6.76. The Labute approximate surface area is 285 Å². The summed E-state index contributed by atoms with van der Waals surface area (Å²) in [5.74, 6) is 0.499. The first-order chi connectivity index (χ1) is 24.8. The zero-order chi connectivity index (χ0) is 33.0. The first kappa shape index (κ1) is 28.0. The van der Waals surface area contributed by atoms with E-state index >= 15 is 0 Å². The van der Waals surface area contributed by atoms with Gasteiger partial charge in [-0.05, 0) is 53.9 Å². The third-order valence-electron chi connectivity index (χ3n) is 9.12. The highest BCUT2D eigenvalue weighted by Crippen LogP contribution is 2.45. The van der Waals surface area contributed by atoms with E-state index in [1.165, 1.54) is 0 Å². The van der Waals surface area contributed by atoms with E-state index in [1.54, 1.807) is 6.20 Å². The molecule has 0 saturated heterocycles. The number of hydrogen-bond acceptors (Lipinski definition) is 8. The van der Waals surface area contributed by atoms with Crippen molar-refractivity contribution in [3.8, 4) is 45.3 Å². The first-order valence-corrected chi connectivity index (χ1v) is 16.3. The molecule has 0 aliphatic heterocycles. The van der Waals surface area contributed by atoms with Crippen molar-refractivity contribution in [1.82, 2.24) is 40.1 Å². The van der Waals surface area contributed by atoms with Crippen LogP contribution in [-0.4, -0.2) is 40.1 Å². The fraction of sp³-hybridized carbons (Fsp3) is 0. The molecule has 5 heterocycles. The Bertz CT molecular complexity index is 2950. The average molecular weight is 641 g/mol. The minimum atomic E-state index is 0.499. The Morgan fingerprint density at radius 1 is 0.380 bits per heavy atom. The number of pyridine rings is 2. The van der Waals surface area contributed by atoms with Crippen LogP contribution in [0.3, 0.4) is 0 Å². The molecule has 0 fully saturated rings. The molecular weight excluding hydrogens is 617 g/mol. The number of para-hydroxylation sites is 4. The lowest BCUT2D eigenvalue weighted by Gasteiger charge is -2.18. The molecule has 5 aromatic heterocycles. The van der Waals surface area contributed by atoms with Gasteiger partial charge < -0.3 is 0 Å². The van der Waals surface area contributed by atoms with E-state index in [0.717, 1.165) is 71.5 Å². The van der Waals surface area contributed by atoms with Gasteiger partial charge >= 0.3 is 0 Å². The van der Waals surface area contributed by atoms with Crippen LogP contribution < -0.4 is 0 Å². The van der Waals surface area contributed by atoms with Crippen molar-refractivity contribution in [2.45, 2.75) is 0 Å². The van der Waals surface area contributed by atoms with Crippen molar-refractivity contribution in [2.75, 3.05) is 0 Å². The van der Waals surface area contributed by atoms with E-state index in [0.29, 0.717) is 28.3 Å². The minimum absolute atomic E-state index is 0.499. The lowest BCUT2D eigenvalue weighted by Crippen LogP contribution is -2.03. The Morgan fingerprint density at radius 2 is 1.10 bits per heavy atom. The summed E-state index contributed by atoms with van der Waals surface area (Å²) in [5.41, 5.74) is 9.08. The summed E-state index contributed by atoms with van der Waals surface area (Å²) in [4.78, 5) is 30.1. The summed E-state index contributed by atoms with van der Waals surface area (Å²) < 4.78 is 0. The van der Waals surface area contributed by atoms with Crippen molar-refractivity contribution < 1.29 is 0 Å². The monoisotopic (exact) mass is 640 g/mol. The number of nitrogens with zero attached hydrogens (tertiary/aromatic N) is 8. The Kier molecular flexibility index (Phi) is 6.32. The SMILES string of the molecule is c1ccc2nc(-c3ccc4nnc(-c5cnc6ccccc6n5)c(-c5ncc6ccccc6n5)c4c3-c3nccc4ccccc34)ccc2c1. The average Bonchev–Trinajstić information content (AvgIpc) is 3.19. The van der Waals surface area contributed by atoms with Crippen LogP contribution in [0, 0.1) is 0 Å². The fourth-order valence-electron chi connectivity index (χ4n) is 6.76. The van der Waals surface area contributed by atoms with Crippen LogP contribution in [0.25, 0.3) is 99.8 Å². The van der Waals surface area contributed by atoms with Gasteiger partial charge in [-0.2, -0.15) is 0 Å². The maximum absolute atomic E-state index is 5.16. The second-order valence-corrected chi connectivity index (χ2v) is 12.1. The van der Waals surface area contributed by atoms with Gasteiger partial charge in [-0.3, -0.25) is 9.97 Å². The van der Waals surface area contributed by atoms with Gasteiger partial charge in [-0.15, -0.1) is 10.2 Å². The molecule has 0 atom stereocenters. The lowest BCUT2D eigenvalue weighted by molar-refractivity contribution is 1.06. The quantitative estimate of drug-likeness (QED) is 0.188. The number of rotatable bonds is 4. The number of fused-ring (bicyclic) bond motifs is 5. The molecule has 232 valence electrons. The summed E-state index contributed by atoms with van der Waals surface area (Å²) in [6, 6.07) is 42.4. The van der Waals surface area contributed by atoms with Crippen LogP contribution in [0.4, 0.5) is 0 Å². The maximum Gasteiger partial charge on any atom is 0.162 e. The second-order valence-electron chi connectivity index (χ2n) is 12.1. The van der Waals surface area contributed by atoms with Crippen LogP contribution >= 0.6 is 0 Å². The van der Waals surface area contributed by atoms with E-state index in [1.807, 2.05) is 103 Å². The van der Waals surface area contributed by atoms with Crippen molar-refractivity contribution in [2.24, 2.45) is 0 Å². The standard InChI is InChI=1S/C42H24N8/c1-4-12-28-25(9-1)21-22-43-40(28)37-29(32-19-17-26-10-2-5-13-30(26)46-32)18-20-35-38(37)39(42-45-23-27-11-3-6-14-31(27)48-42)41(50-49-35)36-24-44-33-15-7-8-16-34(33)47-36/h1-24H. The van der Waals surface area contributed by atoms with Crippen LogP contribution in [0.1, 0.15) is 0 Å². The van der Waals surface area contributed by atoms with Gasteiger partial charge in [0, 0.05) is 45.1 Å². The molecule has 10 aromatic rings. The van der Waals surface area contributed by atoms with Gasteiger partial charge in [0.1, 0.15) is 11.4 Å². The van der Waals surface area contributed by atoms with Crippen LogP contribution in [0.5, 0.6) is 0 Å². The highest BCUT2D eigenvalue weighted by Gasteiger charge is 2.26. The molecule has 0 amide bonds. The molecule has 10 rings (SSSR count). The minimum Gasteiger partial charge on any atom is -0.256 e. The Morgan fingerprint density at radius 3 is 1.98 bits per heavy atom. The van der Waals surface area contributed by atoms with Crippen LogP contribution in [0.15, 0.2) is 146 Å². The molecule has 0 unspecified atom stereocenters. The molecule has 0 saturated carbocycles. The predicted molar refractivity (Wildman–Crippen MR) is 198 cm³/mol. The largest absolute Gasteiger partial charge is 0.256 e. The molecular formula is C42H24N8. The smallest absolute Gasteiger partial charge is 0.162 e. The van der Waals surface area contributed by atoms with Crippen molar-refractivity contribution >= 4 is 54.5 Å². The molecule has 8 heteroatoms. The van der Waals surface area contributed by atoms with Gasteiger partial charge in [0.25, 0.3) is 0 Å². The molecule has 0 N–H and O–H groups in total. The zero-order valence-corrected chi connectivity index (χ0v) is 26.4. The number of hydrogen-bond donors (Lipinski definition) is 0. The summed E-state index contributed by atoms with van der Waals surface area (Å²) >= 11 is 0. The van der Waals surface area contributed by atoms with E-state index in [9.17, 15) is 0 Å². The molecule has 0 bridgehead atoms. The van der Waals surface area contributed by atoms with Crippen molar-refractivity contribution in [3.05, 3.63) is 146 Å². The highest BCUT2D eigenvalue weighted by atomic mass is 15.1. The van der Waals surface area contributed by atoms with E-state index < -0.39 is 0 Å². The summed E-state index contributed by atoms with van der Waals surface area (Å²) in [7, 11) is 0. The van der Waals surface area contributed by atoms with E-state index in [2.05, 4.69) is 36.4 Å². The maximum atomic E-state index is 5.16. The topological polar surface area (TPSA) is 103 Å². The van der Waals surface area contributed by atoms with E-state index in [-0.39, 0.29) is 0 Å². The molecule has 0 radical (unpaired) electrons. The summed E-state index contributed by atoms with van der Waals surface area (Å²) in [6.07, 6.45) is 5.45. The van der Waals surface area contributed by atoms with E-state index in [4.69, 9.17) is 40.1 Å². The van der Waals surface area contributed by atoms with Crippen LogP contribution in [0.2, 0.25) is 0 Å². The normalized spacial score (nSPS) is 11.6. The molecule has 5 aromatic carbocycles. The molecule has 0 aliphatic carbocycles. The predicted octanol–water partition coefficient (Wildman–Crippen LogP) is 9.28. The van der Waals surface area contributed by atoms with Crippen molar-refractivity contribution in [1.29, 1.82) is 0 Å². The zero-order valence-electron chi connectivity index (χ0n) is 26.4. The molecule has 0 spiro atoms. The number of aromatic nitrogens is 8. The lowest BCUT2D eigenvalue weighted by atomic mass is 9.90. The molecule has 50 heavy (non-hydrogen) atoms. The third-order valence-corrected chi connectivity index (χ3v) is 9.12. The summed E-state index contributed by atoms with van der Waals surface area (Å²) in [5, 5.41) is 14.5. The van der Waals surface area contributed by atoms with Gasteiger partial charge in [0.2, 0.25) is 0 Å². The summed E-state index contributed by atoms with van der Waals surface area (Å²) in [6.45, 7) is 0. The van der Waals surface area contributed by atoms with Gasteiger partial charge in [0.05, 0.1) is 50.7 Å². The van der Waals surface area contributed by atoms with Crippen molar-refractivity contribution in [3.63, 3.8) is 0 Å². The van der Waals surface area contributed by atoms with Gasteiger partial charge in [0.15, 0.2) is 5.82 Å². The van der Waals surface area contributed by atoms with Gasteiger partial charge in [-0.25, -0.2) is 19.9 Å². The second kappa shape index (κ2) is 11.3. The van der Waals surface area contributed by atoms with Gasteiger partial charge in [-0.1, -0.05) is 78.9 Å². The third kappa shape index (κ3) is 4.54. The molecule has 8 nitrogen and oxygen atoms in total. The number of benzene rings is 5. The Hall–Kier alpha value is -7.06. The van der Waals surface area contributed by atoms with Crippen LogP contribution in [-0.2, 0) is 0 Å². The Balaban J connectivity index is 1.39.